The van der Waals surface area contributed by atoms with Gasteiger partial charge in [-0.15, -0.1) is 0 Å². The summed E-state index contributed by atoms with van der Waals surface area (Å²) in [5.74, 6) is -0.138. The van der Waals surface area contributed by atoms with Crippen LogP contribution in [0.25, 0.3) is 10.9 Å². The van der Waals surface area contributed by atoms with Crippen LogP contribution in [0.1, 0.15) is 37.5 Å². The molecule has 0 bridgehead atoms. The highest BCUT2D eigenvalue weighted by atomic mass is 19.1. The Bertz CT molecular complexity index is 1150. The number of hydrogen-bond acceptors (Lipinski definition) is 5. The lowest BCUT2D eigenvalue weighted by Crippen LogP contribution is -2.33. The fourth-order valence-electron chi connectivity index (χ4n) is 2.89. The molecule has 1 heterocycles. The molecule has 0 radical (unpaired) electrons. The van der Waals surface area contributed by atoms with E-state index in [9.17, 15) is 9.18 Å². The first-order valence-corrected chi connectivity index (χ1v) is 9.80. The van der Waals surface area contributed by atoms with Crippen LogP contribution in [0.4, 0.5) is 9.18 Å². The lowest BCUT2D eigenvalue weighted by Gasteiger charge is -2.24. The number of carbonyl (C=O) groups is 1. The molecule has 3 aromatic rings. The van der Waals surface area contributed by atoms with Crippen molar-refractivity contribution in [3.05, 3.63) is 71.0 Å². The highest BCUT2D eigenvalue weighted by Crippen LogP contribution is 2.21. The van der Waals surface area contributed by atoms with Crippen LogP contribution in [0, 0.1) is 17.1 Å². The summed E-state index contributed by atoms with van der Waals surface area (Å²) in [6.07, 6.45) is -0.401. The number of pyridine rings is 1. The summed E-state index contributed by atoms with van der Waals surface area (Å²) in [6, 6.07) is 15.5. The molecule has 0 spiro atoms. The number of rotatable bonds is 5. The predicted octanol–water partition coefficient (Wildman–Crippen LogP) is 5.19. The van der Waals surface area contributed by atoms with Crippen molar-refractivity contribution in [2.45, 2.75) is 39.5 Å². The Balaban J connectivity index is 1.71. The monoisotopic (exact) mass is 421 g/mol. The molecule has 1 aromatic heterocycles. The van der Waals surface area contributed by atoms with E-state index >= 15 is 0 Å². The minimum Gasteiger partial charge on any atom is -0.473 e. The van der Waals surface area contributed by atoms with Gasteiger partial charge in [-0.2, -0.15) is 5.26 Å². The molecule has 0 N–H and O–H groups in total. The van der Waals surface area contributed by atoms with Gasteiger partial charge in [-0.3, -0.25) is 0 Å². The van der Waals surface area contributed by atoms with Gasteiger partial charge in [-0.05, 0) is 50.6 Å². The Morgan fingerprint density at radius 2 is 1.90 bits per heavy atom. The third-order valence-corrected chi connectivity index (χ3v) is 4.41. The fourth-order valence-corrected chi connectivity index (χ4v) is 2.89. The Labute approximate surface area is 180 Å². The smallest absolute Gasteiger partial charge is 0.410 e. The van der Waals surface area contributed by atoms with E-state index in [-0.39, 0.29) is 12.2 Å². The summed E-state index contributed by atoms with van der Waals surface area (Å²) in [5, 5.41) is 9.75. The summed E-state index contributed by atoms with van der Waals surface area (Å²) < 4.78 is 25.1. The minimum absolute atomic E-state index is 0.00286. The Kier molecular flexibility index (Phi) is 6.40. The standard InChI is InChI=1S/C24H24FN3O3/c1-24(2,3)31-23(29)28(4)14-17-6-7-18-9-10-22(27-21(18)12-17)30-15-19-8-5-16(13-26)11-20(19)25/h5-12H,14-15H2,1-4H3. The van der Waals surface area contributed by atoms with E-state index in [1.54, 1.807) is 19.2 Å². The molecule has 0 saturated heterocycles. The van der Waals surface area contributed by atoms with Gasteiger partial charge < -0.3 is 14.4 Å². The number of ether oxygens (including phenoxy) is 2. The topological polar surface area (TPSA) is 75.5 Å². The molecule has 31 heavy (non-hydrogen) atoms. The number of aromatic nitrogens is 1. The lowest BCUT2D eigenvalue weighted by molar-refractivity contribution is 0.0285. The zero-order valence-electron chi connectivity index (χ0n) is 18.0. The summed E-state index contributed by atoms with van der Waals surface area (Å²) in [5.41, 5.74) is 1.64. The average molecular weight is 421 g/mol. The molecule has 3 rings (SSSR count). The van der Waals surface area contributed by atoms with Crippen molar-refractivity contribution in [2.75, 3.05) is 7.05 Å². The Morgan fingerprint density at radius 3 is 2.58 bits per heavy atom. The minimum atomic E-state index is -0.559. The summed E-state index contributed by atoms with van der Waals surface area (Å²) >= 11 is 0. The molecule has 0 aliphatic carbocycles. The second-order valence-electron chi connectivity index (χ2n) is 8.22. The van der Waals surface area contributed by atoms with Crippen LogP contribution in [0.2, 0.25) is 0 Å². The number of halogens is 1. The molecule has 6 nitrogen and oxygen atoms in total. The molecule has 160 valence electrons. The second-order valence-corrected chi connectivity index (χ2v) is 8.22. The van der Waals surface area contributed by atoms with Crippen LogP contribution in [0.3, 0.4) is 0 Å². The van der Waals surface area contributed by atoms with Gasteiger partial charge in [0.25, 0.3) is 0 Å². The normalized spacial score (nSPS) is 11.1. The maximum atomic E-state index is 14.0. The number of amides is 1. The van der Waals surface area contributed by atoms with Crippen molar-refractivity contribution >= 4 is 17.0 Å². The maximum Gasteiger partial charge on any atom is 0.410 e. The van der Waals surface area contributed by atoms with Gasteiger partial charge in [0.1, 0.15) is 18.0 Å². The van der Waals surface area contributed by atoms with Crippen LogP contribution in [-0.2, 0) is 17.9 Å². The summed E-state index contributed by atoms with van der Waals surface area (Å²) in [4.78, 5) is 18.2. The first-order chi connectivity index (χ1) is 14.6. The van der Waals surface area contributed by atoms with Crippen molar-refractivity contribution in [3.8, 4) is 11.9 Å². The number of hydrogen-bond donors (Lipinski definition) is 0. The van der Waals surface area contributed by atoms with E-state index in [2.05, 4.69) is 4.98 Å². The van der Waals surface area contributed by atoms with E-state index in [0.717, 1.165) is 10.9 Å². The van der Waals surface area contributed by atoms with Crippen molar-refractivity contribution < 1.29 is 18.7 Å². The number of fused-ring (bicyclic) bond motifs is 1. The van der Waals surface area contributed by atoms with E-state index in [1.807, 2.05) is 51.1 Å². The van der Waals surface area contributed by atoms with E-state index < -0.39 is 17.5 Å². The van der Waals surface area contributed by atoms with Crippen LogP contribution < -0.4 is 4.74 Å². The molecule has 0 fully saturated rings. The number of benzene rings is 2. The molecule has 1 amide bonds. The van der Waals surface area contributed by atoms with Crippen molar-refractivity contribution in [3.63, 3.8) is 0 Å². The van der Waals surface area contributed by atoms with Crippen LogP contribution in [-0.4, -0.2) is 28.6 Å². The molecule has 0 aliphatic heterocycles. The van der Waals surface area contributed by atoms with Gasteiger partial charge >= 0.3 is 6.09 Å². The maximum absolute atomic E-state index is 14.0. The van der Waals surface area contributed by atoms with Gasteiger partial charge in [-0.25, -0.2) is 14.2 Å². The molecule has 7 heteroatoms. The Hall–Kier alpha value is -3.66. The Morgan fingerprint density at radius 1 is 1.16 bits per heavy atom. The molecule has 0 atom stereocenters. The highest BCUT2D eigenvalue weighted by molar-refractivity contribution is 5.80. The number of nitriles is 1. The quantitative estimate of drug-likeness (QED) is 0.567. The number of nitrogens with zero attached hydrogens (tertiary/aromatic N) is 3. The molecule has 0 unspecified atom stereocenters. The highest BCUT2D eigenvalue weighted by Gasteiger charge is 2.19. The van der Waals surface area contributed by atoms with Gasteiger partial charge in [0.05, 0.1) is 17.1 Å². The second kappa shape index (κ2) is 9.00. The van der Waals surface area contributed by atoms with E-state index in [1.165, 1.54) is 17.0 Å². The number of carbonyl (C=O) groups excluding carboxylic acids is 1. The van der Waals surface area contributed by atoms with Gasteiger partial charge in [0, 0.05) is 30.6 Å². The molecule has 2 aromatic carbocycles. The molecular formula is C24H24FN3O3. The SMILES string of the molecule is CN(Cc1ccc2ccc(OCc3ccc(C#N)cc3F)nc2c1)C(=O)OC(C)(C)C. The predicted molar refractivity (Wildman–Crippen MR) is 115 cm³/mol. The first kappa shape index (κ1) is 22.0. The van der Waals surface area contributed by atoms with Gasteiger partial charge in [0.2, 0.25) is 5.88 Å². The van der Waals surface area contributed by atoms with Gasteiger partial charge in [0.15, 0.2) is 0 Å². The van der Waals surface area contributed by atoms with E-state index in [0.29, 0.717) is 23.5 Å². The van der Waals surface area contributed by atoms with Crippen molar-refractivity contribution in [1.29, 1.82) is 5.26 Å². The fraction of sp³-hybridized carbons (Fsp3) is 0.292. The zero-order valence-corrected chi connectivity index (χ0v) is 18.0. The third-order valence-electron chi connectivity index (χ3n) is 4.41. The van der Waals surface area contributed by atoms with Crippen molar-refractivity contribution in [2.24, 2.45) is 0 Å². The van der Waals surface area contributed by atoms with Crippen LogP contribution >= 0.6 is 0 Å². The molecule has 0 saturated carbocycles. The van der Waals surface area contributed by atoms with Gasteiger partial charge in [-0.1, -0.05) is 18.2 Å². The molecular weight excluding hydrogens is 397 g/mol. The zero-order chi connectivity index (χ0) is 22.6. The largest absolute Gasteiger partial charge is 0.473 e. The average Bonchev–Trinajstić information content (AvgIpc) is 2.71. The molecule has 0 aliphatic rings. The third kappa shape index (κ3) is 5.92. The summed E-state index contributed by atoms with van der Waals surface area (Å²) in [6.45, 7) is 5.84. The lowest BCUT2D eigenvalue weighted by atomic mass is 10.1. The first-order valence-electron chi connectivity index (χ1n) is 9.80. The van der Waals surface area contributed by atoms with Crippen LogP contribution in [0.15, 0.2) is 48.5 Å². The summed E-state index contributed by atoms with van der Waals surface area (Å²) in [7, 11) is 1.68. The van der Waals surface area contributed by atoms with Crippen molar-refractivity contribution in [1.82, 2.24) is 9.88 Å². The van der Waals surface area contributed by atoms with Crippen LogP contribution in [0.5, 0.6) is 5.88 Å². The van der Waals surface area contributed by atoms with E-state index in [4.69, 9.17) is 14.7 Å².